The minimum absolute atomic E-state index is 0.0575. The number of phenols is 1. The largest absolute Gasteiger partial charge is 0.508 e. The van der Waals surface area contributed by atoms with Crippen molar-refractivity contribution in [1.29, 1.82) is 0 Å². The number of nitrogens with zero attached hydrogens (tertiary/aromatic N) is 1. The van der Waals surface area contributed by atoms with Crippen LogP contribution in [0.1, 0.15) is 52.1 Å². The predicted octanol–water partition coefficient (Wildman–Crippen LogP) is 3.85. The molecule has 1 amide bonds. The molecule has 2 rings (SSSR count). The summed E-state index contributed by atoms with van der Waals surface area (Å²) >= 11 is 0. The molecule has 4 nitrogen and oxygen atoms in total. The number of phenolic OH excluding ortho intramolecular Hbond substituents is 1. The summed E-state index contributed by atoms with van der Waals surface area (Å²) in [4.78, 5) is 14.2. The molecule has 20 heavy (non-hydrogen) atoms. The molecular formula is C16H23NO3. The van der Waals surface area contributed by atoms with Crippen LogP contribution in [0.25, 0.3) is 0 Å². The highest BCUT2D eigenvalue weighted by Crippen LogP contribution is 2.35. The molecule has 1 atom stereocenters. The number of carbonyl (C=O) groups is 1. The van der Waals surface area contributed by atoms with Gasteiger partial charge in [0.2, 0.25) is 0 Å². The SMILES string of the molecule is CC(c1ccc(O)cc1)N(C(=O)OC(C)(C)C)C1CC1. The Kier molecular flexibility index (Phi) is 3.93. The Bertz CT molecular complexity index is 471. The Morgan fingerprint density at radius 2 is 1.85 bits per heavy atom. The van der Waals surface area contributed by atoms with Crippen molar-refractivity contribution in [2.75, 3.05) is 0 Å². The fourth-order valence-electron chi connectivity index (χ4n) is 2.20. The minimum atomic E-state index is -0.487. The second kappa shape index (κ2) is 5.35. The molecule has 0 radical (unpaired) electrons. The lowest BCUT2D eigenvalue weighted by Gasteiger charge is -2.32. The van der Waals surface area contributed by atoms with E-state index in [0.29, 0.717) is 0 Å². The molecule has 1 aromatic carbocycles. The molecule has 0 spiro atoms. The van der Waals surface area contributed by atoms with Crippen molar-refractivity contribution < 1.29 is 14.6 Å². The van der Waals surface area contributed by atoms with Crippen LogP contribution in [0.5, 0.6) is 5.75 Å². The Labute approximate surface area is 120 Å². The van der Waals surface area contributed by atoms with Crippen molar-refractivity contribution in [3.63, 3.8) is 0 Å². The molecule has 0 aliphatic heterocycles. The van der Waals surface area contributed by atoms with Crippen molar-refractivity contribution >= 4 is 6.09 Å². The van der Waals surface area contributed by atoms with E-state index in [1.165, 1.54) is 0 Å². The molecule has 4 heteroatoms. The quantitative estimate of drug-likeness (QED) is 0.913. The molecule has 1 saturated carbocycles. The molecule has 1 aliphatic carbocycles. The van der Waals surface area contributed by atoms with Crippen LogP contribution >= 0.6 is 0 Å². The van der Waals surface area contributed by atoms with E-state index in [4.69, 9.17) is 4.74 Å². The van der Waals surface area contributed by atoms with E-state index in [1.54, 1.807) is 12.1 Å². The first-order valence-electron chi connectivity index (χ1n) is 7.08. The van der Waals surface area contributed by atoms with Gasteiger partial charge in [-0.15, -0.1) is 0 Å². The van der Waals surface area contributed by atoms with Gasteiger partial charge in [0, 0.05) is 6.04 Å². The highest BCUT2D eigenvalue weighted by molar-refractivity contribution is 5.69. The normalized spacial score (nSPS) is 16.6. The zero-order valence-corrected chi connectivity index (χ0v) is 12.6. The monoisotopic (exact) mass is 277 g/mol. The molecule has 1 unspecified atom stereocenters. The maximum atomic E-state index is 12.4. The average molecular weight is 277 g/mol. The number of hydrogen-bond acceptors (Lipinski definition) is 3. The number of ether oxygens (including phenoxy) is 1. The Hall–Kier alpha value is -1.71. The lowest BCUT2D eigenvalue weighted by atomic mass is 10.1. The van der Waals surface area contributed by atoms with E-state index in [9.17, 15) is 9.90 Å². The Balaban J connectivity index is 2.16. The van der Waals surface area contributed by atoms with E-state index in [1.807, 2.05) is 44.7 Å². The van der Waals surface area contributed by atoms with Gasteiger partial charge in [-0.05, 0) is 58.2 Å². The summed E-state index contributed by atoms with van der Waals surface area (Å²) in [7, 11) is 0. The standard InChI is InChI=1S/C16H23NO3/c1-11(12-5-9-14(18)10-6-12)17(13-7-8-13)15(19)20-16(2,3)4/h5-6,9-11,13,18H,7-8H2,1-4H3. The number of rotatable bonds is 3. The third-order valence-corrected chi connectivity index (χ3v) is 3.34. The van der Waals surface area contributed by atoms with Gasteiger partial charge in [0.25, 0.3) is 0 Å². The number of amides is 1. The lowest BCUT2D eigenvalue weighted by molar-refractivity contribution is 0.0153. The summed E-state index contributed by atoms with van der Waals surface area (Å²) in [5, 5.41) is 9.36. The van der Waals surface area contributed by atoms with E-state index in [0.717, 1.165) is 18.4 Å². The molecule has 0 bridgehead atoms. The molecule has 1 aliphatic rings. The van der Waals surface area contributed by atoms with Crippen LogP contribution in [0.15, 0.2) is 24.3 Å². The van der Waals surface area contributed by atoms with Gasteiger partial charge in [-0.2, -0.15) is 0 Å². The van der Waals surface area contributed by atoms with Crippen LogP contribution in [-0.2, 0) is 4.74 Å². The molecule has 0 heterocycles. The molecule has 1 fully saturated rings. The summed E-state index contributed by atoms with van der Waals surface area (Å²) in [6.45, 7) is 7.62. The van der Waals surface area contributed by atoms with Crippen LogP contribution in [0.2, 0.25) is 0 Å². The highest BCUT2D eigenvalue weighted by atomic mass is 16.6. The zero-order chi connectivity index (χ0) is 14.9. The molecule has 1 aromatic rings. The first kappa shape index (κ1) is 14.7. The van der Waals surface area contributed by atoms with Crippen LogP contribution in [0.3, 0.4) is 0 Å². The maximum absolute atomic E-state index is 12.4. The van der Waals surface area contributed by atoms with Gasteiger partial charge in [-0.25, -0.2) is 4.79 Å². The van der Waals surface area contributed by atoms with E-state index in [2.05, 4.69) is 0 Å². The molecule has 1 N–H and O–H groups in total. The third-order valence-electron chi connectivity index (χ3n) is 3.34. The van der Waals surface area contributed by atoms with Crippen LogP contribution < -0.4 is 0 Å². The predicted molar refractivity (Wildman–Crippen MR) is 77.6 cm³/mol. The van der Waals surface area contributed by atoms with Crippen molar-refractivity contribution in [2.24, 2.45) is 0 Å². The van der Waals surface area contributed by atoms with E-state index >= 15 is 0 Å². The molecule has 110 valence electrons. The highest BCUT2D eigenvalue weighted by Gasteiger charge is 2.38. The summed E-state index contributed by atoms with van der Waals surface area (Å²) in [5.74, 6) is 0.233. The third kappa shape index (κ3) is 3.65. The smallest absolute Gasteiger partial charge is 0.411 e. The second-order valence-electron chi connectivity index (χ2n) is 6.39. The summed E-state index contributed by atoms with van der Waals surface area (Å²) < 4.78 is 5.51. The van der Waals surface area contributed by atoms with Gasteiger partial charge >= 0.3 is 6.09 Å². The van der Waals surface area contributed by atoms with Crippen LogP contribution in [0, 0.1) is 0 Å². The zero-order valence-electron chi connectivity index (χ0n) is 12.6. The number of benzene rings is 1. The van der Waals surface area contributed by atoms with Gasteiger partial charge in [0.15, 0.2) is 0 Å². The summed E-state index contributed by atoms with van der Waals surface area (Å²) in [6.07, 6.45) is 1.80. The van der Waals surface area contributed by atoms with E-state index in [-0.39, 0.29) is 23.9 Å². The summed E-state index contributed by atoms with van der Waals surface area (Å²) in [6, 6.07) is 7.20. The number of hydrogen-bond donors (Lipinski definition) is 1. The maximum Gasteiger partial charge on any atom is 0.411 e. The van der Waals surface area contributed by atoms with Gasteiger partial charge in [0.05, 0.1) is 6.04 Å². The van der Waals surface area contributed by atoms with E-state index < -0.39 is 5.60 Å². The number of carbonyl (C=O) groups excluding carboxylic acids is 1. The lowest BCUT2D eigenvalue weighted by Crippen LogP contribution is -2.39. The van der Waals surface area contributed by atoms with Crippen molar-refractivity contribution in [3.05, 3.63) is 29.8 Å². The molecule has 0 saturated heterocycles. The topological polar surface area (TPSA) is 49.8 Å². The average Bonchev–Trinajstić information content (AvgIpc) is 3.12. The van der Waals surface area contributed by atoms with Crippen LogP contribution in [-0.4, -0.2) is 27.7 Å². The van der Waals surface area contributed by atoms with Gasteiger partial charge in [-0.1, -0.05) is 12.1 Å². The first-order chi connectivity index (χ1) is 9.28. The summed E-state index contributed by atoms with van der Waals surface area (Å²) in [5.41, 5.74) is 0.513. The van der Waals surface area contributed by atoms with Gasteiger partial charge < -0.3 is 9.84 Å². The van der Waals surface area contributed by atoms with Gasteiger partial charge in [-0.3, -0.25) is 4.90 Å². The number of aromatic hydroxyl groups is 1. The Morgan fingerprint density at radius 1 is 1.30 bits per heavy atom. The fraction of sp³-hybridized carbons (Fsp3) is 0.562. The fourth-order valence-corrected chi connectivity index (χ4v) is 2.20. The molecular weight excluding hydrogens is 254 g/mol. The van der Waals surface area contributed by atoms with Crippen molar-refractivity contribution in [2.45, 2.75) is 58.2 Å². The Morgan fingerprint density at radius 3 is 2.30 bits per heavy atom. The van der Waals surface area contributed by atoms with Crippen molar-refractivity contribution in [1.82, 2.24) is 4.90 Å². The van der Waals surface area contributed by atoms with Crippen LogP contribution in [0.4, 0.5) is 4.79 Å². The van der Waals surface area contributed by atoms with Crippen molar-refractivity contribution in [3.8, 4) is 5.75 Å². The molecule has 0 aromatic heterocycles. The second-order valence-corrected chi connectivity index (χ2v) is 6.39. The minimum Gasteiger partial charge on any atom is -0.508 e. The first-order valence-corrected chi connectivity index (χ1v) is 7.08. The van der Waals surface area contributed by atoms with Gasteiger partial charge in [0.1, 0.15) is 11.4 Å².